The van der Waals surface area contributed by atoms with Crippen LogP contribution in [0.3, 0.4) is 0 Å². The van der Waals surface area contributed by atoms with Gasteiger partial charge in [-0.15, -0.1) is 0 Å². The summed E-state index contributed by atoms with van der Waals surface area (Å²) in [4.78, 5) is 23.1. The number of para-hydroxylation sites is 2. The van der Waals surface area contributed by atoms with Gasteiger partial charge in [-0.2, -0.15) is 0 Å². The van der Waals surface area contributed by atoms with E-state index in [0.29, 0.717) is 30.3 Å². The molecule has 1 aliphatic rings. The minimum absolute atomic E-state index is 0.128. The van der Waals surface area contributed by atoms with Crippen LogP contribution >= 0.6 is 0 Å². The molecule has 6 nitrogen and oxygen atoms in total. The van der Waals surface area contributed by atoms with E-state index < -0.39 is 0 Å². The summed E-state index contributed by atoms with van der Waals surface area (Å²) >= 11 is 0. The number of methoxy groups -OCH3 is 1. The number of ether oxygens (including phenoxy) is 2. The van der Waals surface area contributed by atoms with E-state index in [9.17, 15) is 4.79 Å². The Balaban J connectivity index is 1.81. The normalized spacial score (nSPS) is 17.0. The summed E-state index contributed by atoms with van der Waals surface area (Å²) < 4.78 is 11.4. The van der Waals surface area contributed by atoms with Crippen LogP contribution in [-0.4, -0.2) is 41.0 Å². The number of amides is 1. The number of nitrogens with zero attached hydrogens (tertiary/aromatic N) is 3. The van der Waals surface area contributed by atoms with Gasteiger partial charge in [-0.1, -0.05) is 19.1 Å². The third kappa shape index (κ3) is 4.12. The van der Waals surface area contributed by atoms with Gasteiger partial charge in [0.25, 0.3) is 0 Å². The maximum atomic E-state index is 12.3. The second-order valence-electron chi connectivity index (χ2n) is 6.43. The van der Waals surface area contributed by atoms with Crippen LogP contribution < -0.4 is 9.47 Å². The van der Waals surface area contributed by atoms with Crippen LogP contribution in [-0.2, 0) is 4.79 Å². The SMILES string of the molecule is CCCC(=O)N1CCC[C@@H](c2nccnc2Oc2ccccc2OC)C1. The molecule has 0 saturated carbocycles. The number of carbonyl (C=O) groups is 1. The van der Waals surface area contributed by atoms with Crippen LogP contribution in [0, 0.1) is 0 Å². The molecular formula is C20H25N3O3. The van der Waals surface area contributed by atoms with Gasteiger partial charge in [0.2, 0.25) is 11.8 Å². The zero-order chi connectivity index (χ0) is 18.4. The molecule has 6 heteroatoms. The number of rotatable bonds is 6. The van der Waals surface area contributed by atoms with Crippen molar-refractivity contribution >= 4 is 5.91 Å². The van der Waals surface area contributed by atoms with Crippen molar-refractivity contribution in [2.75, 3.05) is 20.2 Å². The molecule has 0 radical (unpaired) electrons. The molecule has 0 N–H and O–H groups in total. The van der Waals surface area contributed by atoms with Gasteiger partial charge in [-0.25, -0.2) is 4.98 Å². The van der Waals surface area contributed by atoms with Crippen LogP contribution in [0.1, 0.15) is 44.2 Å². The topological polar surface area (TPSA) is 64.6 Å². The van der Waals surface area contributed by atoms with Crippen molar-refractivity contribution in [1.29, 1.82) is 0 Å². The molecule has 138 valence electrons. The fraction of sp³-hybridized carbons (Fsp3) is 0.450. The highest BCUT2D eigenvalue weighted by Crippen LogP contribution is 2.35. The molecule has 0 spiro atoms. The Morgan fingerprint density at radius 2 is 2.00 bits per heavy atom. The highest BCUT2D eigenvalue weighted by Gasteiger charge is 2.28. The zero-order valence-electron chi connectivity index (χ0n) is 15.4. The lowest BCUT2D eigenvalue weighted by molar-refractivity contribution is -0.132. The van der Waals surface area contributed by atoms with Gasteiger partial charge in [0, 0.05) is 37.8 Å². The lowest BCUT2D eigenvalue weighted by Crippen LogP contribution is -2.39. The quantitative estimate of drug-likeness (QED) is 0.789. The number of benzene rings is 1. The van der Waals surface area contributed by atoms with E-state index in [4.69, 9.17) is 9.47 Å². The Labute approximate surface area is 154 Å². The molecule has 0 unspecified atom stereocenters. The van der Waals surface area contributed by atoms with Gasteiger partial charge in [-0.3, -0.25) is 9.78 Å². The number of hydrogen-bond donors (Lipinski definition) is 0. The van der Waals surface area contributed by atoms with E-state index in [1.54, 1.807) is 19.5 Å². The van der Waals surface area contributed by atoms with Gasteiger partial charge in [0.05, 0.1) is 7.11 Å². The molecule has 26 heavy (non-hydrogen) atoms. The summed E-state index contributed by atoms with van der Waals surface area (Å²) in [6.07, 6.45) is 6.70. The Bertz CT molecular complexity index is 751. The van der Waals surface area contributed by atoms with Gasteiger partial charge in [-0.05, 0) is 31.4 Å². The molecule has 3 rings (SSSR count). The van der Waals surface area contributed by atoms with E-state index in [1.807, 2.05) is 36.1 Å². The van der Waals surface area contributed by atoms with E-state index in [0.717, 1.165) is 31.5 Å². The first-order valence-corrected chi connectivity index (χ1v) is 9.12. The Morgan fingerprint density at radius 1 is 1.23 bits per heavy atom. The monoisotopic (exact) mass is 355 g/mol. The first-order valence-electron chi connectivity index (χ1n) is 9.12. The van der Waals surface area contributed by atoms with Crippen LogP contribution in [0.25, 0.3) is 0 Å². The van der Waals surface area contributed by atoms with Gasteiger partial charge in [0.15, 0.2) is 11.5 Å². The number of piperidine rings is 1. The van der Waals surface area contributed by atoms with Crippen molar-refractivity contribution in [2.24, 2.45) is 0 Å². The van der Waals surface area contributed by atoms with Crippen LogP contribution in [0.4, 0.5) is 0 Å². The van der Waals surface area contributed by atoms with Gasteiger partial charge < -0.3 is 14.4 Å². The molecular weight excluding hydrogens is 330 g/mol. The summed E-state index contributed by atoms with van der Waals surface area (Å²) in [6, 6.07) is 7.47. The second-order valence-corrected chi connectivity index (χ2v) is 6.43. The predicted molar refractivity (Wildman–Crippen MR) is 98.6 cm³/mol. The maximum absolute atomic E-state index is 12.3. The molecule has 1 aliphatic heterocycles. The first-order chi connectivity index (χ1) is 12.7. The number of hydrogen-bond acceptors (Lipinski definition) is 5. The standard InChI is InChI=1S/C20H25N3O3/c1-3-7-18(24)23-13-6-8-15(14-23)19-20(22-12-11-21-19)26-17-10-5-4-9-16(17)25-2/h4-5,9-12,15H,3,6-8,13-14H2,1-2H3/t15-/m1/s1. The van der Waals surface area contributed by atoms with E-state index in [2.05, 4.69) is 9.97 Å². The summed E-state index contributed by atoms with van der Waals surface area (Å²) in [5, 5.41) is 0. The Morgan fingerprint density at radius 3 is 2.77 bits per heavy atom. The second kappa shape index (κ2) is 8.65. The molecule has 1 aromatic carbocycles. The largest absolute Gasteiger partial charge is 0.493 e. The summed E-state index contributed by atoms with van der Waals surface area (Å²) in [6.45, 7) is 3.51. The van der Waals surface area contributed by atoms with Gasteiger partial charge >= 0.3 is 0 Å². The first kappa shape index (κ1) is 18.2. The van der Waals surface area contributed by atoms with Crippen LogP contribution in [0.5, 0.6) is 17.4 Å². The number of aromatic nitrogens is 2. The number of likely N-dealkylation sites (tertiary alicyclic amines) is 1. The average molecular weight is 355 g/mol. The van der Waals surface area contributed by atoms with E-state index in [1.165, 1.54) is 0 Å². The van der Waals surface area contributed by atoms with Crippen molar-refractivity contribution in [1.82, 2.24) is 14.9 Å². The van der Waals surface area contributed by atoms with Crippen molar-refractivity contribution in [3.8, 4) is 17.4 Å². The molecule has 2 heterocycles. The molecule has 0 aliphatic carbocycles. The summed E-state index contributed by atoms with van der Waals surface area (Å²) in [7, 11) is 1.61. The Kier molecular flexibility index (Phi) is 6.04. The van der Waals surface area contributed by atoms with E-state index in [-0.39, 0.29) is 11.8 Å². The van der Waals surface area contributed by atoms with Gasteiger partial charge in [0.1, 0.15) is 5.69 Å². The lowest BCUT2D eigenvalue weighted by Gasteiger charge is -2.32. The highest BCUT2D eigenvalue weighted by molar-refractivity contribution is 5.76. The van der Waals surface area contributed by atoms with Crippen molar-refractivity contribution in [3.63, 3.8) is 0 Å². The summed E-state index contributed by atoms with van der Waals surface area (Å²) in [5.74, 6) is 2.07. The maximum Gasteiger partial charge on any atom is 0.241 e. The summed E-state index contributed by atoms with van der Waals surface area (Å²) in [5.41, 5.74) is 0.799. The molecule has 1 atom stereocenters. The van der Waals surface area contributed by atoms with Crippen molar-refractivity contribution in [2.45, 2.75) is 38.5 Å². The average Bonchev–Trinajstić information content (AvgIpc) is 2.69. The van der Waals surface area contributed by atoms with Crippen LogP contribution in [0.15, 0.2) is 36.7 Å². The minimum atomic E-state index is 0.128. The molecule has 0 bridgehead atoms. The third-order valence-electron chi connectivity index (χ3n) is 4.59. The lowest BCUT2D eigenvalue weighted by atomic mass is 9.94. The number of carbonyl (C=O) groups excluding carboxylic acids is 1. The predicted octanol–water partition coefficient (Wildman–Crippen LogP) is 3.78. The molecule has 1 fully saturated rings. The minimum Gasteiger partial charge on any atom is -0.493 e. The van der Waals surface area contributed by atoms with Crippen molar-refractivity contribution < 1.29 is 14.3 Å². The third-order valence-corrected chi connectivity index (χ3v) is 4.59. The van der Waals surface area contributed by atoms with Crippen molar-refractivity contribution in [3.05, 3.63) is 42.4 Å². The van der Waals surface area contributed by atoms with Crippen LogP contribution in [0.2, 0.25) is 0 Å². The molecule has 1 amide bonds. The molecule has 1 aromatic heterocycles. The fourth-order valence-electron chi connectivity index (χ4n) is 3.30. The molecule has 1 saturated heterocycles. The molecule has 2 aromatic rings. The smallest absolute Gasteiger partial charge is 0.241 e. The van der Waals surface area contributed by atoms with E-state index >= 15 is 0 Å². The zero-order valence-corrected chi connectivity index (χ0v) is 15.4. The highest BCUT2D eigenvalue weighted by atomic mass is 16.5. The fourth-order valence-corrected chi connectivity index (χ4v) is 3.30. The Hall–Kier alpha value is -2.63.